The molecule has 0 unspecified atom stereocenters. The number of nitriles is 1. The average molecular weight is 273 g/mol. The maximum absolute atomic E-state index is 12.2. The predicted molar refractivity (Wildman–Crippen MR) is 70.6 cm³/mol. The Balaban J connectivity index is 1.87. The van der Waals surface area contributed by atoms with Gasteiger partial charge >= 0.3 is 0 Å². The molecule has 0 bridgehead atoms. The Bertz CT molecular complexity index is 667. The number of furan rings is 1. The van der Waals surface area contributed by atoms with Crippen LogP contribution in [0.5, 0.6) is 0 Å². The quantitative estimate of drug-likeness (QED) is 0.861. The van der Waals surface area contributed by atoms with Crippen molar-refractivity contribution in [1.82, 2.24) is 4.90 Å². The second-order valence-corrected chi connectivity index (χ2v) is 5.45. The lowest BCUT2D eigenvalue weighted by Gasteiger charge is -2.26. The van der Waals surface area contributed by atoms with Crippen LogP contribution >= 0.6 is 11.3 Å². The van der Waals surface area contributed by atoms with Crippen molar-refractivity contribution < 1.29 is 9.21 Å². The minimum atomic E-state index is -0.124. The Labute approximate surface area is 113 Å². The van der Waals surface area contributed by atoms with Crippen LogP contribution in [0.25, 0.3) is 0 Å². The minimum Gasteiger partial charge on any atom is -0.459 e. The minimum absolute atomic E-state index is 0.124. The lowest BCUT2D eigenvalue weighted by molar-refractivity contribution is 0.0705. The fraction of sp³-hybridized carbons (Fsp3) is 0.231. The molecule has 3 heterocycles. The first-order valence-corrected chi connectivity index (χ1v) is 6.65. The van der Waals surface area contributed by atoms with Gasteiger partial charge in [-0.25, -0.2) is 0 Å². The van der Waals surface area contributed by atoms with E-state index in [0.29, 0.717) is 35.8 Å². The molecule has 3 rings (SSSR count). The molecule has 0 aliphatic carbocycles. The Morgan fingerprint density at radius 3 is 3.11 bits per heavy atom. The Morgan fingerprint density at radius 2 is 2.42 bits per heavy atom. The van der Waals surface area contributed by atoms with Crippen molar-refractivity contribution in [2.24, 2.45) is 0 Å². The Hall–Kier alpha value is -2.26. The van der Waals surface area contributed by atoms with E-state index in [9.17, 15) is 4.79 Å². The summed E-state index contributed by atoms with van der Waals surface area (Å²) in [5, 5.41) is 9.61. The lowest BCUT2D eigenvalue weighted by Crippen LogP contribution is -2.35. The highest BCUT2D eigenvalue weighted by Crippen LogP contribution is 2.34. The van der Waals surface area contributed by atoms with Crippen molar-refractivity contribution in [2.75, 3.05) is 12.3 Å². The molecule has 1 aliphatic rings. The fourth-order valence-electron chi connectivity index (χ4n) is 2.28. The molecule has 2 N–H and O–H groups in total. The molecule has 5 nitrogen and oxygen atoms in total. The second-order valence-electron chi connectivity index (χ2n) is 4.31. The van der Waals surface area contributed by atoms with E-state index in [4.69, 9.17) is 15.4 Å². The largest absolute Gasteiger partial charge is 0.459 e. The fourth-order valence-corrected chi connectivity index (χ4v) is 3.36. The van der Waals surface area contributed by atoms with Gasteiger partial charge in [0.15, 0.2) is 5.76 Å². The van der Waals surface area contributed by atoms with Crippen LogP contribution in [-0.2, 0) is 13.0 Å². The van der Waals surface area contributed by atoms with Crippen LogP contribution in [0.1, 0.15) is 26.6 Å². The molecule has 0 fully saturated rings. The van der Waals surface area contributed by atoms with Crippen molar-refractivity contribution in [1.29, 1.82) is 5.26 Å². The number of anilines is 1. The van der Waals surface area contributed by atoms with Crippen molar-refractivity contribution >= 4 is 22.2 Å². The Morgan fingerprint density at radius 1 is 1.58 bits per heavy atom. The molecular formula is C13H11N3O2S. The van der Waals surface area contributed by atoms with Crippen LogP contribution in [0.2, 0.25) is 0 Å². The average Bonchev–Trinajstić information content (AvgIpc) is 3.03. The van der Waals surface area contributed by atoms with Gasteiger partial charge in [0.2, 0.25) is 0 Å². The molecule has 0 spiro atoms. The summed E-state index contributed by atoms with van der Waals surface area (Å²) in [6, 6.07) is 5.49. The van der Waals surface area contributed by atoms with Crippen LogP contribution in [-0.4, -0.2) is 17.4 Å². The van der Waals surface area contributed by atoms with Crippen molar-refractivity contribution in [2.45, 2.75) is 13.0 Å². The zero-order chi connectivity index (χ0) is 13.4. The molecule has 19 heavy (non-hydrogen) atoms. The van der Waals surface area contributed by atoms with Gasteiger partial charge in [-0.05, 0) is 24.1 Å². The third-order valence-electron chi connectivity index (χ3n) is 3.22. The SMILES string of the molecule is N#Cc1c(N)sc2c1CCN(C(=O)c1ccco1)C2. The molecule has 0 saturated heterocycles. The van der Waals surface area contributed by atoms with Crippen LogP contribution in [0.4, 0.5) is 5.00 Å². The summed E-state index contributed by atoms with van der Waals surface area (Å²) in [7, 11) is 0. The first-order chi connectivity index (χ1) is 9.20. The van der Waals surface area contributed by atoms with Gasteiger partial charge in [-0.2, -0.15) is 5.26 Å². The monoisotopic (exact) mass is 273 g/mol. The van der Waals surface area contributed by atoms with E-state index < -0.39 is 0 Å². The van der Waals surface area contributed by atoms with E-state index in [1.165, 1.54) is 17.6 Å². The van der Waals surface area contributed by atoms with Gasteiger partial charge in [-0.3, -0.25) is 4.79 Å². The number of thiophene rings is 1. The third-order valence-corrected chi connectivity index (χ3v) is 4.26. The zero-order valence-corrected chi connectivity index (χ0v) is 10.9. The molecule has 0 atom stereocenters. The number of amides is 1. The van der Waals surface area contributed by atoms with E-state index in [1.807, 2.05) is 0 Å². The number of carbonyl (C=O) groups is 1. The van der Waals surface area contributed by atoms with E-state index in [-0.39, 0.29) is 5.91 Å². The summed E-state index contributed by atoms with van der Waals surface area (Å²) >= 11 is 1.39. The number of nitrogen functional groups attached to an aromatic ring is 1. The molecule has 6 heteroatoms. The molecule has 96 valence electrons. The topological polar surface area (TPSA) is 83.3 Å². The molecule has 1 amide bonds. The van der Waals surface area contributed by atoms with Gasteiger partial charge in [-0.15, -0.1) is 11.3 Å². The maximum atomic E-state index is 12.2. The van der Waals surface area contributed by atoms with Crippen LogP contribution in [0, 0.1) is 11.3 Å². The van der Waals surface area contributed by atoms with Crippen LogP contribution < -0.4 is 5.73 Å². The predicted octanol–water partition coefficient (Wildman–Crippen LogP) is 1.99. The number of fused-ring (bicyclic) bond motifs is 1. The molecule has 1 aliphatic heterocycles. The first kappa shape index (κ1) is 11.8. The number of hydrogen-bond donors (Lipinski definition) is 1. The number of nitrogens with zero attached hydrogens (tertiary/aromatic N) is 2. The van der Waals surface area contributed by atoms with E-state index in [0.717, 1.165) is 10.4 Å². The number of carbonyl (C=O) groups excluding carboxylic acids is 1. The standard InChI is InChI=1S/C13H11N3O2S/c14-6-9-8-3-4-16(7-11(8)19-12(9)15)13(17)10-2-1-5-18-10/h1-2,5H,3-4,7,15H2. The molecule has 2 aromatic rings. The highest BCUT2D eigenvalue weighted by Gasteiger charge is 2.27. The van der Waals surface area contributed by atoms with Gasteiger partial charge in [0, 0.05) is 11.4 Å². The summed E-state index contributed by atoms with van der Waals surface area (Å²) in [6.45, 7) is 1.07. The highest BCUT2D eigenvalue weighted by atomic mass is 32.1. The van der Waals surface area contributed by atoms with E-state index in [1.54, 1.807) is 17.0 Å². The summed E-state index contributed by atoms with van der Waals surface area (Å²) in [5.41, 5.74) is 7.39. The zero-order valence-electron chi connectivity index (χ0n) is 10.0. The molecule has 2 aromatic heterocycles. The lowest BCUT2D eigenvalue weighted by atomic mass is 10.0. The van der Waals surface area contributed by atoms with Gasteiger partial charge in [-0.1, -0.05) is 0 Å². The number of rotatable bonds is 1. The highest BCUT2D eigenvalue weighted by molar-refractivity contribution is 7.16. The van der Waals surface area contributed by atoms with Crippen LogP contribution in [0.3, 0.4) is 0 Å². The van der Waals surface area contributed by atoms with Gasteiger partial charge in [0.05, 0.1) is 18.4 Å². The maximum Gasteiger partial charge on any atom is 0.289 e. The number of hydrogen-bond acceptors (Lipinski definition) is 5. The van der Waals surface area contributed by atoms with Crippen molar-refractivity contribution in [3.63, 3.8) is 0 Å². The smallest absolute Gasteiger partial charge is 0.289 e. The summed E-state index contributed by atoms with van der Waals surface area (Å²) in [5.74, 6) is 0.217. The van der Waals surface area contributed by atoms with Gasteiger partial charge in [0.1, 0.15) is 11.1 Å². The van der Waals surface area contributed by atoms with Gasteiger partial charge in [0.25, 0.3) is 5.91 Å². The molecular weight excluding hydrogens is 262 g/mol. The summed E-state index contributed by atoms with van der Waals surface area (Å²) in [4.78, 5) is 14.9. The normalized spacial score (nSPS) is 13.9. The van der Waals surface area contributed by atoms with E-state index >= 15 is 0 Å². The second kappa shape index (κ2) is 4.44. The third kappa shape index (κ3) is 1.88. The van der Waals surface area contributed by atoms with Gasteiger partial charge < -0.3 is 15.1 Å². The summed E-state index contributed by atoms with van der Waals surface area (Å²) < 4.78 is 5.12. The first-order valence-electron chi connectivity index (χ1n) is 5.83. The number of nitrogens with two attached hydrogens (primary N) is 1. The van der Waals surface area contributed by atoms with Crippen molar-refractivity contribution in [3.8, 4) is 6.07 Å². The Kier molecular flexibility index (Phi) is 2.76. The summed E-state index contributed by atoms with van der Waals surface area (Å²) in [6.07, 6.45) is 2.15. The molecule has 0 saturated carbocycles. The van der Waals surface area contributed by atoms with E-state index in [2.05, 4.69) is 6.07 Å². The molecule has 0 radical (unpaired) electrons. The van der Waals surface area contributed by atoms with Crippen molar-refractivity contribution in [3.05, 3.63) is 40.2 Å². The molecule has 0 aromatic carbocycles. The van der Waals surface area contributed by atoms with Crippen LogP contribution in [0.15, 0.2) is 22.8 Å².